The molecule has 1 aliphatic carbocycles. The van der Waals surface area contributed by atoms with Crippen molar-refractivity contribution in [1.29, 1.82) is 0 Å². The van der Waals surface area contributed by atoms with Crippen LogP contribution in [0.5, 0.6) is 0 Å². The Morgan fingerprint density at radius 3 is 1.78 bits per heavy atom. The van der Waals surface area contributed by atoms with Crippen LogP contribution < -0.4 is 0 Å². The average molecular weight is 650 g/mol. The van der Waals surface area contributed by atoms with Gasteiger partial charge < -0.3 is 4.42 Å². The van der Waals surface area contributed by atoms with Gasteiger partial charge in [0.1, 0.15) is 11.2 Å². The Balaban J connectivity index is 1.07. The van der Waals surface area contributed by atoms with Crippen molar-refractivity contribution in [3.05, 3.63) is 164 Å². The SMILES string of the molecule is c1ccc2c(c1)-c1cccc3cc(-c4ccc(-c5nc(-c6ccc7ccccc7c6)nc(-c6cccc7oc8ccccc8c67)n5)cc4)cc-2c13. The van der Waals surface area contributed by atoms with E-state index in [1.54, 1.807) is 0 Å². The van der Waals surface area contributed by atoms with E-state index >= 15 is 0 Å². The van der Waals surface area contributed by atoms with Gasteiger partial charge in [-0.25, -0.2) is 15.0 Å². The van der Waals surface area contributed by atoms with Crippen molar-refractivity contribution in [3.8, 4) is 67.5 Å². The molecule has 0 amide bonds. The summed E-state index contributed by atoms with van der Waals surface area (Å²) in [6.07, 6.45) is 0. The van der Waals surface area contributed by atoms with E-state index in [-0.39, 0.29) is 0 Å². The molecule has 10 aromatic rings. The van der Waals surface area contributed by atoms with Crippen LogP contribution in [0.4, 0.5) is 0 Å². The van der Waals surface area contributed by atoms with E-state index in [0.717, 1.165) is 49.6 Å². The monoisotopic (exact) mass is 649 g/mol. The van der Waals surface area contributed by atoms with Crippen LogP contribution in [0, 0.1) is 0 Å². The van der Waals surface area contributed by atoms with E-state index < -0.39 is 0 Å². The number of nitrogens with zero attached hydrogens (tertiary/aromatic N) is 3. The van der Waals surface area contributed by atoms with Gasteiger partial charge in [-0.2, -0.15) is 0 Å². The molecule has 51 heavy (non-hydrogen) atoms. The van der Waals surface area contributed by atoms with Gasteiger partial charge >= 0.3 is 0 Å². The average Bonchev–Trinajstić information content (AvgIpc) is 3.74. The molecule has 4 nitrogen and oxygen atoms in total. The van der Waals surface area contributed by atoms with Gasteiger partial charge in [-0.1, -0.05) is 133 Å². The van der Waals surface area contributed by atoms with Gasteiger partial charge in [0.25, 0.3) is 0 Å². The fraction of sp³-hybridized carbons (Fsp3) is 0. The summed E-state index contributed by atoms with van der Waals surface area (Å²) in [6, 6.07) is 57.5. The van der Waals surface area contributed by atoms with E-state index in [1.807, 2.05) is 30.3 Å². The lowest BCUT2D eigenvalue weighted by atomic mass is 9.95. The summed E-state index contributed by atoms with van der Waals surface area (Å²) in [5.74, 6) is 1.85. The van der Waals surface area contributed by atoms with Gasteiger partial charge in [-0.15, -0.1) is 0 Å². The zero-order chi connectivity index (χ0) is 33.5. The highest BCUT2D eigenvalue weighted by molar-refractivity contribution is 6.16. The Morgan fingerprint density at radius 2 is 0.902 bits per heavy atom. The van der Waals surface area contributed by atoms with Crippen LogP contribution in [0.25, 0.3) is 111 Å². The number of furan rings is 1. The fourth-order valence-corrected chi connectivity index (χ4v) is 7.84. The molecule has 0 saturated carbocycles. The Morgan fingerprint density at radius 1 is 0.314 bits per heavy atom. The molecule has 0 atom stereocenters. The molecule has 2 heterocycles. The Hall–Kier alpha value is -6.91. The van der Waals surface area contributed by atoms with Gasteiger partial charge in [0.15, 0.2) is 17.5 Å². The number of aromatic nitrogens is 3. The normalized spacial score (nSPS) is 11.9. The largest absolute Gasteiger partial charge is 0.456 e. The van der Waals surface area contributed by atoms with Crippen LogP contribution in [-0.4, -0.2) is 15.0 Å². The number of para-hydroxylation sites is 1. The Kier molecular flexibility index (Phi) is 5.92. The number of hydrogen-bond donors (Lipinski definition) is 0. The maximum Gasteiger partial charge on any atom is 0.164 e. The second kappa shape index (κ2) is 10.8. The maximum atomic E-state index is 6.24. The standard InChI is InChI=1S/C47H27N3O/c1-2-10-31-25-33(24-21-28(31)9-1)46-48-45(49-47(50-46)39-16-8-18-42-44(39)38-14-5-6-17-41(38)51-42)30-22-19-29(20-23-30)34-26-32-11-7-15-37-35-12-3-4-13-36(35)40(27-34)43(32)37/h1-27H. The maximum absolute atomic E-state index is 6.24. The molecule has 236 valence electrons. The smallest absolute Gasteiger partial charge is 0.164 e. The van der Waals surface area contributed by atoms with Crippen molar-refractivity contribution in [3.63, 3.8) is 0 Å². The highest BCUT2D eigenvalue weighted by Gasteiger charge is 2.22. The second-order valence-corrected chi connectivity index (χ2v) is 13.2. The molecule has 0 saturated heterocycles. The third-order valence-corrected chi connectivity index (χ3v) is 10.2. The molecule has 2 aromatic heterocycles. The van der Waals surface area contributed by atoms with Crippen molar-refractivity contribution in [1.82, 2.24) is 15.0 Å². The van der Waals surface area contributed by atoms with Crippen molar-refractivity contribution in [2.75, 3.05) is 0 Å². The topological polar surface area (TPSA) is 51.8 Å². The minimum atomic E-state index is 0.608. The molecule has 8 aromatic carbocycles. The highest BCUT2D eigenvalue weighted by atomic mass is 16.3. The molecule has 1 aliphatic rings. The summed E-state index contributed by atoms with van der Waals surface area (Å²) in [4.78, 5) is 15.3. The third kappa shape index (κ3) is 4.37. The lowest BCUT2D eigenvalue weighted by molar-refractivity contribution is 0.669. The molecule has 0 radical (unpaired) electrons. The number of hydrogen-bond acceptors (Lipinski definition) is 4. The summed E-state index contributed by atoms with van der Waals surface area (Å²) in [5.41, 5.74) is 11.9. The summed E-state index contributed by atoms with van der Waals surface area (Å²) < 4.78 is 6.24. The van der Waals surface area contributed by atoms with Crippen LogP contribution >= 0.6 is 0 Å². The molecule has 0 fully saturated rings. The first-order valence-corrected chi connectivity index (χ1v) is 17.2. The molecule has 0 N–H and O–H groups in total. The minimum Gasteiger partial charge on any atom is -0.456 e. The Labute approximate surface area is 293 Å². The number of benzene rings is 8. The van der Waals surface area contributed by atoms with E-state index in [4.69, 9.17) is 19.4 Å². The van der Waals surface area contributed by atoms with E-state index in [2.05, 4.69) is 133 Å². The fourth-order valence-electron chi connectivity index (χ4n) is 7.84. The lowest BCUT2D eigenvalue weighted by Crippen LogP contribution is -2.00. The highest BCUT2D eigenvalue weighted by Crippen LogP contribution is 2.48. The van der Waals surface area contributed by atoms with Crippen molar-refractivity contribution in [2.24, 2.45) is 0 Å². The van der Waals surface area contributed by atoms with Gasteiger partial charge in [-0.3, -0.25) is 0 Å². The van der Waals surface area contributed by atoms with E-state index in [1.165, 1.54) is 44.0 Å². The van der Waals surface area contributed by atoms with Crippen molar-refractivity contribution < 1.29 is 4.42 Å². The molecular weight excluding hydrogens is 623 g/mol. The lowest BCUT2D eigenvalue weighted by Gasteiger charge is -2.11. The second-order valence-electron chi connectivity index (χ2n) is 13.2. The summed E-state index contributed by atoms with van der Waals surface area (Å²) in [5, 5.41) is 6.93. The van der Waals surface area contributed by atoms with E-state index in [9.17, 15) is 0 Å². The molecule has 4 heteroatoms. The number of rotatable bonds is 4. The molecule has 0 unspecified atom stereocenters. The first kappa shape index (κ1) is 28.0. The predicted molar refractivity (Wildman–Crippen MR) is 208 cm³/mol. The van der Waals surface area contributed by atoms with E-state index in [0.29, 0.717) is 17.5 Å². The van der Waals surface area contributed by atoms with Gasteiger partial charge in [0.2, 0.25) is 0 Å². The molecule has 0 spiro atoms. The summed E-state index contributed by atoms with van der Waals surface area (Å²) in [7, 11) is 0. The molecule has 0 bridgehead atoms. The summed E-state index contributed by atoms with van der Waals surface area (Å²) >= 11 is 0. The van der Waals surface area contributed by atoms with Crippen LogP contribution in [0.2, 0.25) is 0 Å². The zero-order valence-corrected chi connectivity index (χ0v) is 27.3. The molecule has 11 rings (SSSR count). The number of fused-ring (bicyclic) bond motifs is 7. The van der Waals surface area contributed by atoms with Crippen LogP contribution in [-0.2, 0) is 0 Å². The zero-order valence-electron chi connectivity index (χ0n) is 27.3. The van der Waals surface area contributed by atoms with Crippen molar-refractivity contribution >= 4 is 43.5 Å². The third-order valence-electron chi connectivity index (χ3n) is 10.2. The first-order valence-electron chi connectivity index (χ1n) is 17.2. The van der Waals surface area contributed by atoms with Gasteiger partial charge in [0.05, 0.1) is 0 Å². The van der Waals surface area contributed by atoms with Gasteiger partial charge in [0, 0.05) is 27.5 Å². The van der Waals surface area contributed by atoms with Crippen LogP contribution in [0.1, 0.15) is 0 Å². The van der Waals surface area contributed by atoms with Gasteiger partial charge in [-0.05, 0) is 85.3 Å². The first-order chi connectivity index (χ1) is 25.2. The Bertz CT molecular complexity index is 3030. The minimum absolute atomic E-state index is 0.608. The molecule has 0 aliphatic heterocycles. The molecular formula is C47H27N3O. The van der Waals surface area contributed by atoms with Crippen molar-refractivity contribution in [2.45, 2.75) is 0 Å². The van der Waals surface area contributed by atoms with Crippen LogP contribution in [0.15, 0.2) is 168 Å². The summed E-state index contributed by atoms with van der Waals surface area (Å²) in [6.45, 7) is 0. The quantitative estimate of drug-likeness (QED) is 0.190. The van der Waals surface area contributed by atoms with Crippen LogP contribution in [0.3, 0.4) is 0 Å². The predicted octanol–water partition coefficient (Wildman–Crippen LogP) is 12.4.